The zero-order chi connectivity index (χ0) is 15.5. The highest BCUT2D eigenvalue weighted by molar-refractivity contribution is 5.95. The van der Waals surface area contributed by atoms with Gasteiger partial charge in [-0.1, -0.05) is 25.3 Å². The lowest BCUT2D eigenvalue weighted by Gasteiger charge is -2.33. The molecule has 1 aromatic rings. The van der Waals surface area contributed by atoms with Crippen LogP contribution in [0.4, 0.5) is 8.78 Å². The fraction of sp³-hybridized carbons (Fsp3) is 0.467. The van der Waals surface area contributed by atoms with Crippen LogP contribution in [0, 0.1) is 17.0 Å². The van der Waals surface area contributed by atoms with E-state index < -0.39 is 34.5 Å². The van der Waals surface area contributed by atoms with Gasteiger partial charge in [0.2, 0.25) is 0 Å². The Morgan fingerprint density at radius 3 is 2.24 bits per heavy atom. The number of carbonyl (C=O) groups is 2. The number of halogens is 2. The van der Waals surface area contributed by atoms with E-state index in [2.05, 4.69) is 5.32 Å². The summed E-state index contributed by atoms with van der Waals surface area (Å²) in [6, 6.07) is 3.15. The second-order valence-electron chi connectivity index (χ2n) is 5.43. The summed E-state index contributed by atoms with van der Waals surface area (Å²) in [6.07, 6.45) is 3.43. The molecule has 2 rings (SSSR count). The summed E-state index contributed by atoms with van der Waals surface area (Å²) in [5.41, 5.74) is -1.70. The summed E-state index contributed by atoms with van der Waals surface area (Å²) in [5.74, 6) is -3.81. The maximum Gasteiger partial charge on any atom is 0.311 e. The SMILES string of the molecule is O=C(NCC1(C(=O)O)CCCCC1)c1c(F)cccc1F. The average molecular weight is 297 g/mol. The van der Waals surface area contributed by atoms with E-state index in [9.17, 15) is 23.5 Å². The molecule has 0 saturated heterocycles. The number of carboxylic acid groups (broad SMARTS) is 1. The summed E-state index contributed by atoms with van der Waals surface area (Å²) in [6.45, 7) is -0.116. The molecule has 1 aliphatic rings. The molecule has 0 spiro atoms. The first-order valence-electron chi connectivity index (χ1n) is 6.92. The lowest BCUT2D eigenvalue weighted by atomic mass is 9.74. The van der Waals surface area contributed by atoms with E-state index in [4.69, 9.17) is 0 Å². The van der Waals surface area contributed by atoms with E-state index in [0.29, 0.717) is 12.8 Å². The second kappa shape index (κ2) is 6.20. The van der Waals surface area contributed by atoms with Gasteiger partial charge in [0.1, 0.15) is 17.2 Å². The third kappa shape index (κ3) is 3.20. The molecule has 1 saturated carbocycles. The van der Waals surface area contributed by atoms with E-state index in [1.54, 1.807) is 0 Å². The van der Waals surface area contributed by atoms with E-state index in [1.807, 2.05) is 0 Å². The fourth-order valence-electron chi connectivity index (χ4n) is 2.75. The molecule has 1 fully saturated rings. The van der Waals surface area contributed by atoms with Crippen molar-refractivity contribution >= 4 is 11.9 Å². The number of aliphatic carboxylic acids is 1. The second-order valence-corrected chi connectivity index (χ2v) is 5.43. The maximum absolute atomic E-state index is 13.5. The minimum Gasteiger partial charge on any atom is -0.481 e. The normalized spacial score (nSPS) is 17.2. The summed E-state index contributed by atoms with van der Waals surface area (Å²) in [7, 11) is 0. The molecular weight excluding hydrogens is 280 g/mol. The van der Waals surface area contributed by atoms with Gasteiger partial charge in [-0.25, -0.2) is 8.78 Å². The van der Waals surface area contributed by atoms with E-state index >= 15 is 0 Å². The third-order valence-corrected chi connectivity index (χ3v) is 4.04. The minimum absolute atomic E-state index is 0.116. The molecule has 0 bridgehead atoms. The van der Waals surface area contributed by atoms with Crippen LogP contribution in [-0.4, -0.2) is 23.5 Å². The van der Waals surface area contributed by atoms with Crippen molar-refractivity contribution in [3.05, 3.63) is 35.4 Å². The van der Waals surface area contributed by atoms with Gasteiger partial charge in [-0.2, -0.15) is 0 Å². The molecule has 0 atom stereocenters. The number of benzene rings is 1. The predicted octanol–water partition coefficient (Wildman–Crippen LogP) is 2.73. The van der Waals surface area contributed by atoms with Crippen LogP contribution in [0.15, 0.2) is 18.2 Å². The molecule has 0 unspecified atom stereocenters. The molecule has 1 aromatic carbocycles. The largest absolute Gasteiger partial charge is 0.481 e. The summed E-state index contributed by atoms with van der Waals surface area (Å²) in [5, 5.41) is 11.8. The molecule has 1 aliphatic carbocycles. The lowest BCUT2D eigenvalue weighted by Crippen LogP contribution is -2.44. The Hall–Kier alpha value is -1.98. The van der Waals surface area contributed by atoms with E-state index in [-0.39, 0.29) is 6.54 Å². The molecule has 1 amide bonds. The molecule has 0 aromatic heterocycles. The van der Waals surface area contributed by atoms with Gasteiger partial charge in [-0.05, 0) is 25.0 Å². The van der Waals surface area contributed by atoms with Crippen molar-refractivity contribution in [3.8, 4) is 0 Å². The molecule has 6 heteroatoms. The van der Waals surface area contributed by atoms with Crippen molar-refractivity contribution in [1.29, 1.82) is 0 Å². The molecule has 21 heavy (non-hydrogen) atoms. The van der Waals surface area contributed by atoms with Crippen molar-refractivity contribution in [2.75, 3.05) is 6.54 Å². The minimum atomic E-state index is -1.03. The van der Waals surface area contributed by atoms with Crippen molar-refractivity contribution in [2.24, 2.45) is 5.41 Å². The Kier molecular flexibility index (Phi) is 4.55. The van der Waals surface area contributed by atoms with Gasteiger partial charge in [0, 0.05) is 6.54 Å². The number of nitrogens with one attached hydrogen (secondary N) is 1. The Bertz CT molecular complexity index is 534. The van der Waals surface area contributed by atoms with Gasteiger partial charge >= 0.3 is 5.97 Å². The lowest BCUT2D eigenvalue weighted by molar-refractivity contribution is -0.150. The van der Waals surface area contributed by atoms with Gasteiger partial charge < -0.3 is 10.4 Å². The molecule has 114 valence electrons. The number of hydrogen-bond acceptors (Lipinski definition) is 2. The zero-order valence-corrected chi connectivity index (χ0v) is 11.5. The highest BCUT2D eigenvalue weighted by Gasteiger charge is 2.40. The molecule has 0 aliphatic heterocycles. The average Bonchev–Trinajstić information content (AvgIpc) is 2.46. The number of carbonyl (C=O) groups excluding carboxylic acids is 1. The number of carboxylic acids is 1. The van der Waals surface area contributed by atoms with Gasteiger partial charge in [0.05, 0.1) is 5.41 Å². The van der Waals surface area contributed by atoms with Crippen LogP contribution in [0.5, 0.6) is 0 Å². The first-order chi connectivity index (χ1) is 9.96. The van der Waals surface area contributed by atoms with Crippen LogP contribution in [0.2, 0.25) is 0 Å². The first kappa shape index (κ1) is 15.4. The highest BCUT2D eigenvalue weighted by atomic mass is 19.1. The zero-order valence-electron chi connectivity index (χ0n) is 11.5. The monoisotopic (exact) mass is 297 g/mol. The topological polar surface area (TPSA) is 66.4 Å². The molecule has 2 N–H and O–H groups in total. The molecule has 0 heterocycles. The van der Waals surface area contributed by atoms with Gasteiger partial charge in [0.25, 0.3) is 5.91 Å². The van der Waals surface area contributed by atoms with Crippen LogP contribution < -0.4 is 5.32 Å². The summed E-state index contributed by atoms with van der Waals surface area (Å²) < 4.78 is 27.0. The van der Waals surface area contributed by atoms with Crippen molar-refractivity contribution in [3.63, 3.8) is 0 Å². The van der Waals surface area contributed by atoms with Gasteiger partial charge in [-0.3, -0.25) is 9.59 Å². The molecule has 0 radical (unpaired) electrons. The van der Waals surface area contributed by atoms with Crippen LogP contribution in [0.25, 0.3) is 0 Å². The van der Waals surface area contributed by atoms with Crippen LogP contribution in [0.1, 0.15) is 42.5 Å². The van der Waals surface area contributed by atoms with E-state index in [0.717, 1.165) is 31.4 Å². The standard InChI is InChI=1S/C15H17F2NO3/c16-10-5-4-6-11(17)12(10)13(19)18-9-15(14(20)21)7-2-1-3-8-15/h4-6H,1-3,7-9H2,(H,18,19)(H,20,21). The number of rotatable bonds is 4. The number of amides is 1. The quantitative estimate of drug-likeness (QED) is 0.898. The van der Waals surface area contributed by atoms with Crippen LogP contribution in [0.3, 0.4) is 0 Å². The Morgan fingerprint density at radius 1 is 1.14 bits per heavy atom. The van der Waals surface area contributed by atoms with Crippen molar-refractivity contribution in [2.45, 2.75) is 32.1 Å². The van der Waals surface area contributed by atoms with Gasteiger partial charge in [0.15, 0.2) is 0 Å². The fourth-order valence-corrected chi connectivity index (χ4v) is 2.75. The van der Waals surface area contributed by atoms with Gasteiger partial charge in [-0.15, -0.1) is 0 Å². The molecular formula is C15H17F2NO3. The van der Waals surface area contributed by atoms with Crippen molar-refractivity contribution in [1.82, 2.24) is 5.32 Å². The van der Waals surface area contributed by atoms with Crippen LogP contribution in [-0.2, 0) is 4.79 Å². The Labute approximate surface area is 121 Å². The van der Waals surface area contributed by atoms with Crippen molar-refractivity contribution < 1.29 is 23.5 Å². The molecule has 4 nitrogen and oxygen atoms in total. The number of hydrogen-bond donors (Lipinski definition) is 2. The highest BCUT2D eigenvalue weighted by Crippen LogP contribution is 2.36. The Balaban J connectivity index is 2.11. The maximum atomic E-state index is 13.5. The smallest absolute Gasteiger partial charge is 0.311 e. The first-order valence-corrected chi connectivity index (χ1v) is 6.92. The van der Waals surface area contributed by atoms with Crippen LogP contribution >= 0.6 is 0 Å². The predicted molar refractivity (Wildman–Crippen MR) is 71.8 cm³/mol. The van der Waals surface area contributed by atoms with E-state index in [1.165, 1.54) is 6.07 Å². The third-order valence-electron chi connectivity index (χ3n) is 4.04. The Morgan fingerprint density at radius 2 is 1.71 bits per heavy atom. The summed E-state index contributed by atoms with van der Waals surface area (Å²) in [4.78, 5) is 23.4. The summed E-state index contributed by atoms with van der Waals surface area (Å²) >= 11 is 0.